The van der Waals surface area contributed by atoms with Crippen LogP contribution < -0.4 is 10.9 Å². The van der Waals surface area contributed by atoms with Gasteiger partial charge in [0.1, 0.15) is 4.83 Å². The molecule has 0 aliphatic heterocycles. The van der Waals surface area contributed by atoms with Crippen LogP contribution in [0.1, 0.15) is 19.8 Å². The molecule has 3 heterocycles. The quantitative estimate of drug-likeness (QED) is 0.527. The Morgan fingerprint density at radius 3 is 3.00 bits per heavy atom. The second-order valence-corrected chi connectivity index (χ2v) is 8.86. The van der Waals surface area contributed by atoms with E-state index >= 15 is 0 Å². The molecule has 2 N–H and O–H groups in total. The molecule has 24 heavy (non-hydrogen) atoms. The molecule has 4 rings (SSSR count). The van der Waals surface area contributed by atoms with Gasteiger partial charge >= 0.3 is 0 Å². The lowest BCUT2D eigenvalue weighted by Crippen LogP contribution is -2.32. The molecule has 1 aliphatic carbocycles. The molecule has 3 aromatic rings. The topological polar surface area (TPSA) is 74.8 Å². The molecule has 1 fully saturated rings. The Hall–Kier alpha value is -1.64. The highest BCUT2D eigenvalue weighted by Gasteiger charge is 2.26. The predicted octanol–water partition coefficient (Wildman–Crippen LogP) is 3.47. The monoisotopic (exact) mass is 377 g/mol. The van der Waals surface area contributed by atoms with Crippen molar-refractivity contribution in [3.8, 4) is 10.4 Å². The fourth-order valence-electron chi connectivity index (χ4n) is 2.37. The van der Waals surface area contributed by atoms with Gasteiger partial charge in [-0.2, -0.15) is 0 Å². The fourth-order valence-corrected chi connectivity index (χ4v) is 4.99. The summed E-state index contributed by atoms with van der Waals surface area (Å²) in [5, 5.41) is 7.76. The number of carbonyl (C=O) groups is 1. The summed E-state index contributed by atoms with van der Waals surface area (Å²) in [5.74, 6) is -0.00398. The highest BCUT2D eigenvalue weighted by molar-refractivity contribution is 8.00. The first kappa shape index (κ1) is 15.9. The number of fused-ring (bicyclic) bond motifs is 1. The lowest BCUT2D eigenvalue weighted by molar-refractivity contribution is -0.120. The number of carbonyl (C=O) groups excluding carboxylic acids is 1. The molecule has 1 amide bonds. The Labute approximate surface area is 150 Å². The second-order valence-electron chi connectivity index (χ2n) is 5.72. The summed E-state index contributed by atoms with van der Waals surface area (Å²) in [5.41, 5.74) is 0.775. The van der Waals surface area contributed by atoms with Gasteiger partial charge in [0.15, 0.2) is 5.16 Å². The fraction of sp³-hybridized carbons (Fsp3) is 0.312. The summed E-state index contributed by atoms with van der Waals surface area (Å²) < 4.78 is 0. The van der Waals surface area contributed by atoms with E-state index in [-0.39, 0.29) is 16.7 Å². The molecule has 1 saturated carbocycles. The van der Waals surface area contributed by atoms with Crippen LogP contribution in [0.3, 0.4) is 0 Å². The Bertz CT molecular complexity index is 941. The van der Waals surface area contributed by atoms with Crippen molar-refractivity contribution in [1.82, 2.24) is 15.3 Å². The Kier molecular flexibility index (Phi) is 4.19. The molecule has 0 spiro atoms. The predicted molar refractivity (Wildman–Crippen MR) is 100 cm³/mol. The number of aromatic amines is 1. The lowest BCUT2D eigenvalue weighted by Gasteiger charge is -2.10. The number of hydrogen-bond acceptors (Lipinski definition) is 6. The van der Waals surface area contributed by atoms with Gasteiger partial charge < -0.3 is 10.3 Å². The summed E-state index contributed by atoms with van der Waals surface area (Å²) in [6, 6.07) is 4.30. The van der Waals surface area contributed by atoms with Crippen LogP contribution in [0.25, 0.3) is 20.7 Å². The number of amides is 1. The van der Waals surface area contributed by atoms with Crippen molar-refractivity contribution >= 4 is 50.6 Å². The van der Waals surface area contributed by atoms with Crippen molar-refractivity contribution < 1.29 is 4.79 Å². The van der Waals surface area contributed by atoms with Crippen LogP contribution in [-0.2, 0) is 4.79 Å². The molecule has 1 atom stereocenters. The van der Waals surface area contributed by atoms with Crippen LogP contribution >= 0.6 is 34.4 Å². The van der Waals surface area contributed by atoms with Gasteiger partial charge in [0, 0.05) is 21.9 Å². The number of rotatable bonds is 5. The molecule has 0 unspecified atom stereocenters. The zero-order valence-corrected chi connectivity index (χ0v) is 15.3. The van der Waals surface area contributed by atoms with E-state index in [4.69, 9.17) is 0 Å². The first-order valence-electron chi connectivity index (χ1n) is 7.64. The van der Waals surface area contributed by atoms with Crippen LogP contribution in [0.15, 0.2) is 32.8 Å². The van der Waals surface area contributed by atoms with Gasteiger partial charge in [0.05, 0.1) is 10.6 Å². The third kappa shape index (κ3) is 3.13. The average molecular weight is 378 g/mol. The largest absolute Gasteiger partial charge is 0.352 e. The van der Waals surface area contributed by atoms with Gasteiger partial charge in [-0.15, -0.1) is 22.7 Å². The zero-order chi connectivity index (χ0) is 16.7. The Morgan fingerprint density at radius 2 is 2.29 bits per heavy atom. The highest BCUT2D eigenvalue weighted by atomic mass is 32.2. The lowest BCUT2D eigenvalue weighted by atomic mass is 10.2. The van der Waals surface area contributed by atoms with E-state index in [2.05, 4.69) is 15.3 Å². The van der Waals surface area contributed by atoms with Gasteiger partial charge in [-0.25, -0.2) is 4.98 Å². The first-order chi connectivity index (χ1) is 11.6. The third-order valence-electron chi connectivity index (χ3n) is 3.79. The molecular weight excluding hydrogens is 362 g/mol. The zero-order valence-electron chi connectivity index (χ0n) is 12.9. The first-order valence-corrected chi connectivity index (χ1v) is 10.3. The highest BCUT2D eigenvalue weighted by Crippen LogP contribution is 2.34. The van der Waals surface area contributed by atoms with Crippen molar-refractivity contribution in [2.45, 2.75) is 36.2 Å². The summed E-state index contributed by atoms with van der Waals surface area (Å²) in [6.45, 7) is 1.83. The second kappa shape index (κ2) is 6.34. The minimum absolute atomic E-state index is 0.00398. The van der Waals surface area contributed by atoms with E-state index in [1.165, 1.54) is 23.1 Å². The molecule has 0 bridgehead atoms. The minimum Gasteiger partial charge on any atom is -0.352 e. The van der Waals surface area contributed by atoms with Crippen molar-refractivity contribution in [1.29, 1.82) is 0 Å². The van der Waals surface area contributed by atoms with Crippen molar-refractivity contribution in [2.75, 3.05) is 0 Å². The molecule has 3 aromatic heterocycles. The maximum absolute atomic E-state index is 12.5. The van der Waals surface area contributed by atoms with E-state index in [1.54, 1.807) is 11.3 Å². The van der Waals surface area contributed by atoms with Crippen LogP contribution in [0.2, 0.25) is 0 Å². The number of nitrogens with one attached hydrogen (secondary N) is 2. The van der Waals surface area contributed by atoms with Crippen LogP contribution in [0.4, 0.5) is 0 Å². The summed E-state index contributed by atoms with van der Waals surface area (Å²) in [7, 11) is 0. The van der Waals surface area contributed by atoms with E-state index in [0.717, 1.165) is 23.3 Å². The normalized spacial score (nSPS) is 15.5. The third-order valence-corrected chi connectivity index (χ3v) is 6.55. The van der Waals surface area contributed by atoms with Gasteiger partial charge in [0.25, 0.3) is 5.56 Å². The standard InChI is InChI=1S/C16H15N3O2S3/c1-8(13(20)17-9-4-5-9)24-16-18-14(21)12-10(7-23-15(12)19-16)11-3-2-6-22-11/h2-3,6-9H,4-5H2,1H3,(H,17,20)(H,18,19,21)/t8-/m1/s1. The summed E-state index contributed by atoms with van der Waals surface area (Å²) in [6.07, 6.45) is 2.12. The van der Waals surface area contributed by atoms with Crippen LogP contribution in [0.5, 0.6) is 0 Å². The molecular formula is C16H15N3O2S3. The van der Waals surface area contributed by atoms with Gasteiger partial charge in [-0.3, -0.25) is 9.59 Å². The van der Waals surface area contributed by atoms with Gasteiger partial charge in [0.2, 0.25) is 5.91 Å². The number of hydrogen-bond donors (Lipinski definition) is 2. The number of aromatic nitrogens is 2. The maximum Gasteiger partial charge on any atom is 0.260 e. The van der Waals surface area contributed by atoms with Crippen LogP contribution in [-0.4, -0.2) is 27.2 Å². The van der Waals surface area contributed by atoms with E-state index in [0.29, 0.717) is 21.4 Å². The Balaban J connectivity index is 1.61. The molecule has 124 valence electrons. The van der Waals surface area contributed by atoms with E-state index in [9.17, 15) is 9.59 Å². The minimum atomic E-state index is -0.289. The number of thiophene rings is 2. The SMILES string of the molecule is C[C@@H](Sc1nc2scc(-c3cccs3)c2c(=O)[nH]1)C(=O)NC1CC1. The molecule has 0 saturated heterocycles. The average Bonchev–Trinajstić information content (AvgIpc) is 3.03. The number of thioether (sulfide) groups is 1. The van der Waals surface area contributed by atoms with Crippen molar-refractivity contribution in [3.63, 3.8) is 0 Å². The van der Waals surface area contributed by atoms with Gasteiger partial charge in [-0.1, -0.05) is 17.8 Å². The smallest absolute Gasteiger partial charge is 0.260 e. The van der Waals surface area contributed by atoms with Gasteiger partial charge in [-0.05, 0) is 31.2 Å². The number of H-pyrrole nitrogens is 1. The van der Waals surface area contributed by atoms with E-state index in [1.807, 2.05) is 29.8 Å². The Morgan fingerprint density at radius 1 is 1.46 bits per heavy atom. The van der Waals surface area contributed by atoms with Crippen LogP contribution in [0, 0.1) is 0 Å². The molecule has 0 aromatic carbocycles. The molecule has 1 aliphatic rings. The summed E-state index contributed by atoms with van der Waals surface area (Å²) in [4.78, 5) is 33.7. The molecule has 8 heteroatoms. The molecule has 0 radical (unpaired) electrons. The summed E-state index contributed by atoms with van der Waals surface area (Å²) >= 11 is 4.35. The van der Waals surface area contributed by atoms with Crippen molar-refractivity contribution in [3.05, 3.63) is 33.2 Å². The van der Waals surface area contributed by atoms with Crippen molar-refractivity contribution in [2.24, 2.45) is 0 Å². The number of nitrogens with zero attached hydrogens (tertiary/aromatic N) is 1. The maximum atomic E-state index is 12.5. The molecule has 5 nitrogen and oxygen atoms in total. The van der Waals surface area contributed by atoms with E-state index < -0.39 is 0 Å².